The second kappa shape index (κ2) is 8.53. The highest BCUT2D eigenvalue weighted by Gasteiger charge is 2.04. The zero-order chi connectivity index (χ0) is 13.2. The highest BCUT2D eigenvalue weighted by Crippen LogP contribution is 2.15. The topological polar surface area (TPSA) is 61.5 Å². The second-order valence-electron chi connectivity index (χ2n) is 4.12. The minimum Gasteiger partial charge on any atom is -0.418 e. The van der Waals surface area contributed by atoms with Crippen molar-refractivity contribution < 1.29 is 14.3 Å². The van der Waals surface area contributed by atoms with Crippen LogP contribution in [0.15, 0.2) is 24.3 Å². The molecule has 1 aromatic rings. The van der Waals surface area contributed by atoms with Gasteiger partial charge in [-0.3, -0.25) is 5.73 Å². The van der Waals surface area contributed by atoms with Crippen molar-refractivity contribution in [2.24, 2.45) is 5.73 Å². The zero-order valence-corrected chi connectivity index (χ0v) is 10.9. The Morgan fingerprint density at radius 1 is 1.17 bits per heavy atom. The average molecular weight is 251 g/mol. The van der Waals surface area contributed by atoms with E-state index in [-0.39, 0.29) is 6.73 Å². The van der Waals surface area contributed by atoms with Crippen LogP contribution in [-0.4, -0.2) is 12.9 Å². The van der Waals surface area contributed by atoms with Crippen LogP contribution in [0.1, 0.15) is 38.2 Å². The molecule has 0 unspecified atom stereocenters. The third-order valence-electron chi connectivity index (χ3n) is 2.64. The molecule has 0 aliphatic rings. The highest BCUT2D eigenvalue weighted by molar-refractivity contribution is 5.63. The molecule has 0 aromatic heterocycles. The van der Waals surface area contributed by atoms with Gasteiger partial charge in [0.05, 0.1) is 0 Å². The summed E-state index contributed by atoms with van der Waals surface area (Å²) in [5, 5.41) is 0. The molecule has 0 aliphatic carbocycles. The number of hydrogen-bond donors (Lipinski definition) is 1. The van der Waals surface area contributed by atoms with Crippen LogP contribution < -0.4 is 10.5 Å². The van der Waals surface area contributed by atoms with E-state index in [0.717, 1.165) is 6.42 Å². The highest BCUT2D eigenvalue weighted by atomic mass is 16.7. The molecule has 0 atom stereocenters. The van der Waals surface area contributed by atoms with Crippen molar-refractivity contribution in [3.8, 4) is 5.75 Å². The molecule has 4 heteroatoms. The smallest absolute Gasteiger partial charge is 0.418 e. The van der Waals surface area contributed by atoms with Crippen molar-refractivity contribution in [2.45, 2.75) is 39.0 Å². The van der Waals surface area contributed by atoms with Crippen LogP contribution in [0.25, 0.3) is 0 Å². The lowest BCUT2D eigenvalue weighted by molar-refractivity contribution is 0.102. The van der Waals surface area contributed by atoms with E-state index in [2.05, 4.69) is 11.7 Å². The summed E-state index contributed by atoms with van der Waals surface area (Å²) in [7, 11) is 0. The van der Waals surface area contributed by atoms with Gasteiger partial charge in [-0.05, 0) is 30.5 Å². The van der Waals surface area contributed by atoms with Crippen LogP contribution in [0.3, 0.4) is 0 Å². The molecule has 4 nitrogen and oxygen atoms in total. The number of ether oxygens (including phenoxy) is 2. The Balaban J connectivity index is 2.35. The van der Waals surface area contributed by atoms with Crippen LogP contribution in [0.4, 0.5) is 4.79 Å². The summed E-state index contributed by atoms with van der Waals surface area (Å²) < 4.78 is 9.40. The molecule has 1 rings (SSSR count). The Morgan fingerprint density at radius 2 is 1.89 bits per heavy atom. The number of aryl methyl sites for hydroxylation is 1. The molecule has 0 saturated heterocycles. The fraction of sp³-hybridized carbons (Fsp3) is 0.500. The fourth-order valence-electron chi connectivity index (χ4n) is 1.67. The Kier molecular flexibility index (Phi) is 6.87. The van der Waals surface area contributed by atoms with Gasteiger partial charge in [0.2, 0.25) is 0 Å². The average Bonchev–Trinajstić information content (AvgIpc) is 2.37. The van der Waals surface area contributed by atoms with Crippen molar-refractivity contribution in [3.63, 3.8) is 0 Å². The number of unbranched alkanes of at least 4 members (excludes halogenated alkanes) is 3. The largest absolute Gasteiger partial charge is 0.515 e. The summed E-state index contributed by atoms with van der Waals surface area (Å²) in [5.41, 5.74) is 6.32. The summed E-state index contributed by atoms with van der Waals surface area (Å²) in [4.78, 5) is 11.0. The summed E-state index contributed by atoms with van der Waals surface area (Å²) >= 11 is 0. The Hall–Kier alpha value is -1.55. The van der Waals surface area contributed by atoms with E-state index in [1.165, 1.54) is 31.2 Å². The van der Waals surface area contributed by atoms with E-state index in [9.17, 15) is 4.79 Å². The van der Waals surface area contributed by atoms with Gasteiger partial charge in [0.1, 0.15) is 12.5 Å². The first kappa shape index (κ1) is 14.5. The molecule has 0 fully saturated rings. The maximum Gasteiger partial charge on any atom is 0.515 e. The monoisotopic (exact) mass is 251 g/mol. The quantitative estimate of drug-likeness (QED) is 0.350. The van der Waals surface area contributed by atoms with Gasteiger partial charge in [-0.1, -0.05) is 38.3 Å². The predicted octanol–water partition coefficient (Wildman–Crippen LogP) is 3.24. The van der Waals surface area contributed by atoms with Gasteiger partial charge in [0.15, 0.2) is 0 Å². The first-order chi connectivity index (χ1) is 8.76. The number of rotatable bonds is 7. The zero-order valence-electron chi connectivity index (χ0n) is 10.9. The van der Waals surface area contributed by atoms with Crippen LogP contribution in [-0.2, 0) is 11.2 Å². The van der Waals surface area contributed by atoms with Crippen molar-refractivity contribution >= 4 is 6.16 Å². The normalized spacial score (nSPS) is 10.1. The van der Waals surface area contributed by atoms with Crippen molar-refractivity contribution in [1.82, 2.24) is 0 Å². The van der Waals surface area contributed by atoms with Crippen molar-refractivity contribution in [3.05, 3.63) is 29.8 Å². The molecule has 0 bridgehead atoms. The number of carbonyl (C=O) groups is 1. The Labute approximate surface area is 108 Å². The molecule has 0 heterocycles. The van der Waals surface area contributed by atoms with Crippen LogP contribution in [0, 0.1) is 0 Å². The lowest BCUT2D eigenvalue weighted by Gasteiger charge is -2.05. The van der Waals surface area contributed by atoms with E-state index < -0.39 is 6.16 Å². The molecule has 0 aliphatic heterocycles. The van der Waals surface area contributed by atoms with E-state index in [4.69, 9.17) is 10.5 Å². The summed E-state index contributed by atoms with van der Waals surface area (Å²) in [6.45, 7) is 2.03. The van der Waals surface area contributed by atoms with Gasteiger partial charge < -0.3 is 9.47 Å². The third-order valence-corrected chi connectivity index (χ3v) is 2.64. The third kappa shape index (κ3) is 5.68. The van der Waals surface area contributed by atoms with E-state index in [0.29, 0.717) is 5.75 Å². The number of carbonyl (C=O) groups excluding carboxylic acids is 1. The number of hydrogen-bond acceptors (Lipinski definition) is 4. The summed E-state index contributed by atoms with van der Waals surface area (Å²) in [5.74, 6) is 0.478. The molecule has 2 N–H and O–H groups in total. The Morgan fingerprint density at radius 3 is 2.50 bits per heavy atom. The summed E-state index contributed by atoms with van der Waals surface area (Å²) in [6.07, 6.45) is 5.28. The van der Waals surface area contributed by atoms with Crippen molar-refractivity contribution in [1.29, 1.82) is 0 Å². The molecule has 0 radical (unpaired) electrons. The lowest BCUT2D eigenvalue weighted by Crippen LogP contribution is -2.15. The van der Waals surface area contributed by atoms with E-state index in [1.807, 2.05) is 12.1 Å². The molecular formula is C14H21NO3. The van der Waals surface area contributed by atoms with Gasteiger partial charge in [-0.25, -0.2) is 4.79 Å². The van der Waals surface area contributed by atoms with Gasteiger partial charge in [0.25, 0.3) is 0 Å². The number of nitrogens with two attached hydrogens (primary N) is 1. The molecule has 0 spiro atoms. The van der Waals surface area contributed by atoms with Crippen LogP contribution in [0.2, 0.25) is 0 Å². The minimum atomic E-state index is -0.770. The SMILES string of the molecule is CCCCCCc1ccc(OC(=O)OCN)cc1. The first-order valence-corrected chi connectivity index (χ1v) is 6.40. The Bertz CT molecular complexity index is 349. The molecule has 18 heavy (non-hydrogen) atoms. The van der Waals surface area contributed by atoms with Gasteiger partial charge in [0, 0.05) is 0 Å². The fourth-order valence-corrected chi connectivity index (χ4v) is 1.67. The molecule has 0 amide bonds. The maximum atomic E-state index is 11.0. The van der Waals surface area contributed by atoms with E-state index >= 15 is 0 Å². The molecule has 1 aromatic carbocycles. The predicted molar refractivity (Wildman–Crippen MR) is 70.5 cm³/mol. The molecule has 100 valence electrons. The first-order valence-electron chi connectivity index (χ1n) is 6.40. The van der Waals surface area contributed by atoms with Gasteiger partial charge in [-0.2, -0.15) is 0 Å². The standard InChI is InChI=1S/C14H21NO3/c1-2-3-4-5-6-12-7-9-13(10-8-12)18-14(16)17-11-15/h7-10H,2-6,11,15H2,1H3. The van der Waals surface area contributed by atoms with Crippen LogP contribution in [0.5, 0.6) is 5.75 Å². The molecule has 0 saturated carbocycles. The lowest BCUT2D eigenvalue weighted by atomic mass is 10.1. The van der Waals surface area contributed by atoms with Gasteiger partial charge in [-0.15, -0.1) is 0 Å². The second-order valence-corrected chi connectivity index (χ2v) is 4.12. The number of benzene rings is 1. The minimum absolute atomic E-state index is 0.172. The molecular weight excluding hydrogens is 230 g/mol. The van der Waals surface area contributed by atoms with E-state index in [1.54, 1.807) is 12.1 Å². The van der Waals surface area contributed by atoms with Crippen LogP contribution >= 0.6 is 0 Å². The summed E-state index contributed by atoms with van der Waals surface area (Å²) in [6, 6.07) is 7.48. The maximum absolute atomic E-state index is 11.0. The van der Waals surface area contributed by atoms with Crippen molar-refractivity contribution in [2.75, 3.05) is 6.73 Å². The van der Waals surface area contributed by atoms with Gasteiger partial charge >= 0.3 is 6.16 Å².